The highest BCUT2D eigenvalue weighted by Crippen LogP contribution is 2.38. The Bertz CT molecular complexity index is 1010. The van der Waals surface area contributed by atoms with Crippen LogP contribution in [0.1, 0.15) is 21.9 Å². The number of hydrogen-bond donors (Lipinski definition) is 0. The standard InChI is InChI=1S/C19H16BrNO7S/c1-25-14-6-10(12(20)8-15(14)26-2)7-16-17(22)21(19(24)29-16)9-11-4-5-13(28-11)18(23)27-3/h4-8H,9H2,1-3H3. The predicted octanol–water partition coefficient (Wildman–Crippen LogP) is 4.08. The zero-order chi connectivity index (χ0) is 21.1. The number of benzene rings is 1. The zero-order valence-corrected chi connectivity index (χ0v) is 18.1. The van der Waals surface area contributed by atoms with Gasteiger partial charge in [-0.15, -0.1) is 0 Å². The third kappa shape index (κ3) is 4.33. The third-order valence-corrected chi connectivity index (χ3v) is 5.62. The van der Waals surface area contributed by atoms with Gasteiger partial charge in [0, 0.05) is 4.47 Å². The Morgan fingerprint density at radius 1 is 1.17 bits per heavy atom. The Balaban J connectivity index is 1.83. The van der Waals surface area contributed by atoms with Crippen LogP contribution in [-0.2, 0) is 16.1 Å². The van der Waals surface area contributed by atoms with Crippen molar-refractivity contribution in [1.29, 1.82) is 0 Å². The summed E-state index contributed by atoms with van der Waals surface area (Å²) in [4.78, 5) is 37.8. The van der Waals surface area contributed by atoms with E-state index in [2.05, 4.69) is 20.7 Å². The summed E-state index contributed by atoms with van der Waals surface area (Å²) in [6.45, 7) is -0.0912. The van der Waals surface area contributed by atoms with Crippen molar-refractivity contribution in [3.63, 3.8) is 0 Å². The molecule has 1 aliphatic heterocycles. The Kier molecular flexibility index (Phi) is 6.33. The molecule has 2 heterocycles. The minimum atomic E-state index is -0.636. The van der Waals surface area contributed by atoms with E-state index in [9.17, 15) is 14.4 Å². The summed E-state index contributed by atoms with van der Waals surface area (Å²) in [6.07, 6.45) is 1.60. The van der Waals surface area contributed by atoms with E-state index < -0.39 is 17.1 Å². The van der Waals surface area contributed by atoms with Crippen LogP contribution in [0.5, 0.6) is 11.5 Å². The summed E-state index contributed by atoms with van der Waals surface area (Å²) in [7, 11) is 4.27. The van der Waals surface area contributed by atoms with Gasteiger partial charge in [-0.05, 0) is 47.7 Å². The molecule has 29 heavy (non-hydrogen) atoms. The first kappa shape index (κ1) is 21.0. The van der Waals surface area contributed by atoms with Gasteiger partial charge in [0.15, 0.2) is 11.5 Å². The lowest BCUT2D eigenvalue weighted by atomic mass is 10.2. The Morgan fingerprint density at radius 3 is 2.52 bits per heavy atom. The Labute approximate surface area is 178 Å². The summed E-state index contributed by atoms with van der Waals surface area (Å²) >= 11 is 4.25. The van der Waals surface area contributed by atoms with Gasteiger partial charge in [-0.2, -0.15) is 0 Å². The molecular weight excluding hydrogens is 466 g/mol. The molecule has 1 aliphatic rings. The zero-order valence-electron chi connectivity index (χ0n) is 15.7. The van der Waals surface area contributed by atoms with Crippen molar-refractivity contribution in [3.05, 3.63) is 50.7 Å². The molecule has 1 aromatic carbocycles. The second kappa shape index (κ2) is 8.75. The highest BCUT2D eigenvalue weighted by atomic mass is 79.9. The fourth-order valence-corrected chi connectivity index (χ4v) is 3.85. The molecule has 0 spiro atoms. The number of amides is 2. The fraction of sp³-hybridized carbons (Fsp3) is 0.211. The number of esters is 1. The van der Waals surface area contributed by atoms with Crippen molar-refractivity contribution in [2.45, 2.75) is 6.54 Å². The molecule has 2 aromatic rings. The number of rotatable bonds is 6. The van der Waals surface area contributed by atoms with Gasteiger partial charge < -0.3 is 18.6 Å². The number of hydrogen-bond acceptors (Lipinski definition) is 8. The minimum Gasteiger partial charge on any atom is -0.493 e. The number of halogens is 1. The third-order valence-electron chi connectivity index (χ3n) is 4.03. The summed E-state index contributed by atoms with van der Waals surface area (Å²) in [5, 5.41) is -0.436. The van der Waals surface area contributed by atoms with Gasteiger partial charge in [0.25, 0.3) is 11.1 Å². The largest absolute Gasteiger partial charge is 0.493 e. The van der Waals surface area contributed by atoms with E-state index in [0.29, 0.717) is 27.3 Å². The van der Waals surface area contributed by atoms with Crippen LogP contribution in [0.4, 0.5) is 4.79 Å². The van der Waals surface area contributed by atoms with Crippen LogP contribution in [0.25, 0.3) is 6.08 Å². The molecule has 1 fully saturated rings. The second-order valence-corrected chi connectivity index (χ2v) is 7.60. The van der Waals surface area contributed by atoms with Gasteiger partial charge in [0.1, 0.15) is 5.76 Å². The molecule has 10 heteroatoms. The van der Waals surface area contributed by atoms with E-state index in [-0.39, 0.29) is 17.2 Å². The Hall–Kier alpha value is -2.72. The lowest BCUT2D eigenvalue weighted by Crippen LogP contribution is -2.27. The van der Waals surface area contributed by atoms with Crippen molar-refractivity contribution < 1.29 is 33.0 Å². The number of methoxy groups -OCH3 is 3. The molecule has 8 nitrogen and oxygen atoms in total. The lowest BCUT2D eigenvalue weighted by Gasteiger charge is -2.11. The summed E-state index contributed by atoms with van der Waals surface area (Å²) in [6, 6.07) is 6.36. The first-order chi connectivity index (χ1) is 13.9. The topological polar surface area (TPSA) is 95.3 Å². The number of thioether (sulfide) groups is 1. The first-order valence-electron chi connectivity index (χ1n) is 8.21. The van der Waals surface area contributed by atoms with E-state index in [1.807, 2.05) is 0 Å². The molecule has 1 saturated heterocycles. The van der Waals surface area contributed by atoms with E-state index in [1.165, 1.54) is 33.5 Å². The van der Waals surface area contributed by atoms with Crippen LogP contribution >= 0.6 is 27.7 Å². The molecule has 0 bridgehead atoms. The number of nitrogens with zero attached hydrogens (tertiary/aromatic N) is 1. The molecule has 0 unspecified atom stereocenters. The van der Waals surface area contributed by atoms with Crippen LogP contribution < -0.4 is 9.47 Å². The maximum absolute atomic E-state index is 12.7. The predicted molar refractivity (Wildman–Crippen MR) is 109 cm³/mol. The molecular formula is C19H16BrNO7S. The number of imide groups is 1. The molecule has 152 valence electrons. The molecule has 1 aromatic heterocycles. The molecule has 0 radical (unpaired) electrons. The lowest BCUT2D eigenvalue weighted by molar-refractivity contribution is -0.123. The van der Waals surface area contributed by atoms with Crippen molar-refractivity contribution in [3.8, 4) is 11.5 Å². The summed E-state index contributed by atoms with van der Waals surface area (Å²) in [5.41, 5.74) is 0.652. The molecule has 0 saturated carbocycles. The van der Waals surface area contributed by atoms with Crippen LogP contribution in [0.3, 0.4) is 0 Å². The maximum atomic E-state index is 12.7. The maximum Gasteiger partial charge on any atom is 0.373 e. The van der Waals surface area contributed by atoms with Crippen LogP contribution in [-0.4, -0.2) is 43.3 Å². The van der Waals surface area contributed by atoms with Crippen molar-refractivity contribution in [2.24, 2.45) is 0 Å². The fourth-order valence-electron chi connectivity index (χ4n) is 2.59. The molecule has 0 N–H and O–H groups in total. The smallest absolute Gasteiger partial charge is 0.373 e. The van der Waals surface area contributed by atoms with Crippen LogP contribution in [0.15, 0.2) is 38.1 Å². The highest BCUT2D eigenvalue weighted by Gasteiger charge is 2.36. The average Bonchev–Trinajstić information content (AvgIpc) is 3.29. The van der Waals surface area contributed by atoms with E-state index in [0.717, 1.165) is 16.7 Å². The molecule has 0 aliphatic carbocycles. The number of carbonyl (C=O) groups is 3. The summed E-state index contributed by atoms with van der Waals surface area (Å²) < 4.78 is 21.1. The number of ether oxygens (including phenoxy) is 3. The van der Waals surface area contributed by atoms with Gasteiger partial charge in [0.2, 0.25) is 5.76 Å². The molecule has 3 rings (SSSR count). The quantitative estimate of drug-likeness (QED) is 0.449. The SMILES string of the molecule is COC(=O)c1ccc(CN2C(=O)SC(=Cc3cc(OC)c(OC)cc3Br)C2=O)o1. The van der Waals surface area contributed by atoms with Crippen molar-refractivity contribution >= 4 is 50.9 Å². The first-order valence-corrected chi connectivity index (χ1v) is 9.82. The van der Waals surface area contributed by atoms with Gasteiger partial charge in [0.05, 0.1) is 32.8 Å². The van der Waals surface area contributed by atoms with Crippen molar-refractivity contribution in [1.82, 2.24) is 4.90 Å². The van der Waals surface area contributed by atoms with E-state index in [4.69, 9.17) is 13.9 Å². The number of furan rings is 1. The van der Waals surface area contributed by atoms with Gasteiger partial charge in [-0.25, -0.2) is 4.79 Å². The average molecular weight is 482 g/mol. The van der Waals surface area contributed by atoms with Crippen LogP contribution in [0.2, 0.25) is 0 Å². The molecule has 0 atom stereocenters. The van der Waals surface area contributed by atoms with Crippen molar-refractivity contribution in [2.75, 3.05) is 21.3 Å². The minimum absolute atomic E-state index is 0.000674. The van der Waals surface area contributed by atoms with E-state index in [1.54, 1.807) is 18.2 Å². The molecule has 2 amide bonds. The van der Waals surface area contributed by atoms with E-state index >= 15 is 0 Å². The van der Waals surface area contributed by atoms with Gasteiger partial charge >= 0.3 is 5.97 Å². The second-order valence-electron chi connectivity index (χ2n) is 5.75. The summed E-state index contributed by atoms with van der Waals surface area (Å²) in [5.74, 6) is 0.220. The monoisotopic (exact) mass is 481 g/mol. The number of carbonyl (C=O) groups excluding carboxylic acids is 3. The van der Waals surface area contributed by atoms with Gasteiger partial charge in [-0.1, -0.05) is 15.9 Å². The highest BCUT2D eigenvalue weighted by molar-refractivity contribution is 9.10. The Morgan fingerprint density at radius 2 is 1.86 bits per heavy atom. The van der Waals surface area contributed by atoms with Gasteiger partial charge in [-0.3, -0.25) is 14.5 Å². The normalized spacial score (nSPS) is 15.2. The van der Waals surface area contributed by atoms with Crippen LogP contribution in [0, 0.1) is 0 Å².